The molecule has 4 aromatic rings. The number of halogens is 2. The molecule has 0 saturated heterocycles. The number of aliphatic carboxylic acids is 1. The third-order valence-electron chi connectivity index (χ3n) is 5.85. The van der Waals surface area contributed by atoms with Crippen molar-refractivity contribution >= 4 is 11.8 Å². The van der Waals surface area contributed by atoms with Crippen molar-refractivity contribution < 1.29 is 23.2 Å². The second-order valence-electron chi connectivity index (χ2n) is 8.13. The van der Waals surface area contributed by atoms with Crippen LogP contribution in [-0.2, 0) is 11.3 Å². The molecule has 1 aliphatic carbocycles. The quantitative estimate of drug-likeness (QED) is 0.420. The maximum absolute atomic E-state index is 14.4. The number of nitrogens with zero attached hydrogens (tertiary/aromatic N) is 5. The molecule has 1 fully saturated rings. The SMILES string of the molecule is O=C(O)[C@H]1CC[C@@H](Nc2nc(-c3cc(-c4ccon4)n(Cc4ccccc4F)n3)ncc2F)C1. The molecule has 1 saturated carbocycles. The molecule has 0 aliphatic heterocycles. The summed E-state index contributed by atoms with van der Waals surface area (Å²) in [6.45, 7) is 0.125. The Balaban J connectivity index is 1.46. The van der Waals surface area contributed by atoms with Gasteiger partial charge in [-0.2, -0.15) is 5.10 Å². The molecule has 0 amide bonds. The van der Waals surface area contributed by atoms with Crippen molar-refractivity contribution in [1.82, 2.24) is 24.9 Å². The van der Waals surface area contributed by atoms with Crippen LogP contribution in [0.3, 0.4) is 0 Å². The maximum atomic E-state index is 14.4. The van der Waals surface area contributed by atoms with Crippen LogP contribution in [0.25, 0.3) is 22.9 Å². The predicted octanol–water partition coefficient (Wildman–Crippen LogP) is 3.99. The summed E-state index contributed by atoms with van der Waals surface area (Å²) in [5, 5.41) is 20.7. The number of rotatable bonds is 7. The lowest BCUT2D eigenvalue weighted by atomic mass is 10.1. The standard InChI is InChI=1S/C23H20F2N6O3/c24-16-4-2-1-3-14(16)12-31-20(18-7-8-34-30-18)10-19(29-31)22-26-11-17(25)21(28-22)27-15-6-5-13(9-15)23(32)33/h1-4,7-8,10-11,13,15H,5-6,9,12H2,(H,32,33)(H,26,27,28)/t13-,15+/m0/s1. The van der Waals surface area contributed by atoms with Crippen molar-refractivity contribution in [3.8, 4) is 22.9 Å². The van der Waals surface area contributed by atoms with Crippen LogP contribution in [0.4, 0.5) is 14.6 Å². The predicted molar refractivity (Wildman–Crippen MR) is 117 cm³/mol. The average Bonchev–Trinajstić information content (AvgIpc) is 3.58. The Morgan fingerprint density at radius 2 is 2.03 bits per heavy atom. The lowest BCUT2D eigenvalue weighted by Gasteiger charge is -2.14. The second-order valence-corrected chi connectivity index (χ2v) is 8.13. The number of aromatic nitrogens is 5. The number of carboxylic acid groups (broad SMARTS) is 1. The smallest absolute Gasteiger partial charge is 0.306 e. The molecule has 2 atom stereocenters. The average molecular weight is 466 g/mol. The van der Waals surface area contributed by atoms with Crippen molar-refractivity contribution in [1.29, 1.82) is 0 Å². The fourth-order valence-corrected chi connectivity index (χ4v) is 4.11. The molecule has 2 N–H and O–H groups in total. The van der Waals surface area contributed by atoms with Crippen LogP contribution in [0.15, 0.2) is 53.4 Å². The summed E-state index contributed by atoms with van der Waals surface area (Å²) >= 11 is 0. The third kappa shape index (κ3) is 4.36. The van der Waals surface area contributed by atoms with Crippen LogP contribution in [0, 0.1) is 17.6 Å². The van der Waals surface area contributed by atoms with E-state index in [-0.39, 0.29) is 30.0 Å². The van der Waals surface area contributed by atoms with Gasteiger partial charge in [-0.05, 0) is 31.4 Å². The van der Waals surface area contributed by atoms with Gasteiger partial charge in [0.1, 0.15) is 23.5 Å². The van der Waals surface area contributed by atoms with Crippen molar-refractivity contribution in [2.75, 3.05) is 5.32 Å². The van der Waals surface area contributed by atoms with Crippen LogP contribution >= 0.6 is 0 Å². The van der Waals surface area contributed by atoms with Crippen LogP contribution < -0.4 is 5.32 Å². The molecule has 5 rings (SSSR count). The molecule has 11 heteroatoms. The van der Waals surface area contributed by atoms with Crippen LogP contribution in [0.1, 0.15) is 24.8 Å². The zero-order valence-corrected chi connectivity index (χ0v) is 17.9. The number of anilines is 1. The van der Waals surface area contributed by atoms with E-state index < -0.39 is 17.7 Å². The molecule has 0 bridgehead atoms. The van der Waals surface area contributed by atoms with Gasteiger partial charge < -0.3 is 14.9 Å². The maximum Gasteiger partial charge on any atom is 0.306 e. The van der Waals surface area contributed by atoms with Crippen LogP contribution in [-0.4, -0.2) is 42.0 Å². The van der Waals surface area contributed by atoms with E-state index in [0.717, 1.165) is 6.20 Å². The number of carboxylic acids is 1. The fraction of sp³-hybridized carbons (Fsp3) is 0.261. The first-order valence-electron chi connectivity index (χ1n) is 10.7. The van der Waals surface area contributed by atoms with Gasteiger partial charge in [0.15, 0.2) is 17.5 Å². The van der Waals surface area contributed by atoms with Gasteiger partial charge in [-0.15, -0.1) is 0 Å². The van der Waals surface area contributed by atoms with Crippen molar-refractivity contribution in [3.05, 3.63) is 66.1 Å². The van der Waals surface area contributed by atoms with Gasteiger partial charge >= 0.3 is 5.97 Å². The Morgan fingerprint density at radius 3 is 2.76 bits per heavy atom. The zero-order chi connectivity index (χ0) is 23.7. The third-order valence-corrected chi connectivity index (χ3v) is 5.85. The first kappa shape index (κ1) is 21.7. The number of benzene rings is 1. The topological polar surface area (TPSA) is 119 Å². The van der Waals surface area contributed by atoms with E-state index in [4.69, 9.17) is 4.52 Å². The van der Waals surface area contributed by atoms with Crippen molar-refractivity contribution in [2.45, 2.75) is 31.8 Å². The lowest BCUT2D eigenvalue weighted by Crippen LogP contribution is -2.19. The van der Waals surface area contributed by atoms with Gasteiger partial charge in [0.25, 0.3) is 0 Å². The Kier molecular flexibility index (Phi) is 5.74. The normalized spacial score (nSPS) is 17.7. The van der Waals surface area contributed by atoms with E-state index in [1.54, 1.807) is 35.0 Å². The summed E-state index contributed by atoms with van der Waals surface area (Å²) in [5.41, 5.74) is 1.81. The summed E-state index contributed by atoms with van der Waals surface area (Å²) < 4.78 is 35.2. The lowest BCUT2D eigenvalue weighted by molar-refractivity contribution is -0.141. The number of carbonyl (C=O) groups is 1. The number of hydrogen-bond donors (Lipinski definition) is 2. The van der Waals surface area contributed by atoms with E-state index >= 15 is 0 Å². The van der Waals surface area contributed by atoms with E-state index in [1.165, 1.54) is 12.3 Å². The van der Waals surface area contributed by atoms with E-state index in [9.17, 15) is 18.7 Å². The molecule has 174 valence electrons. The van der Waals surface area contributed by atoms with E-state index in [1.807, 2.05) is 0 Å². The molecule has 0 unspecified atom stereocenters. The highest BCUT2D eigenvalue weighted by atomic mass is 19.1. The minimum absolute atomic E-state index is 0.0207. The summed E-state index contributed by atoms with van der Waals surface area (Å²) in [5.74, 6) is -2.19. The van der Waals surface area contributed by atoms with Gasteiger partial charge in [-0.1, -0.05) is 23.4 Å². The van der Waals surface area contributed by atoms with Gasteiger partial charge in [-0.25, -0.2) is 18.7 Å². The minimum Gasteiger partial charge on any atom is -0.481 e. The molecule has 0 spiro atoms. The monoisotopic (exact) mass is 466 g/mol. The first-order valence-corrected chi connectivity index (χ1v) is 10.7. The molecule has 3 aromatic heterocycles. The van der Waals surface area contributed by atoms with Gasteiger partial charge in [-0.3, -0.25) is 9.48 Å². The van der Waals surface area contributed by atoms with Crippen molar-refractivity contribution in [3.63, 3.8) is 0 Å². The summed E-state index contributed by atoms with van der Waals surface area (Å²) in [4.78, 5) is 19.6. The molecule has 1 aliphatic rings. The Hall–Kier alpha value is -4.15. The fourth-order valence-electron chi connectivity index (χ4n) is 4.11. The molecule has 1 aromatic carbocycles. The molecular formula is C23H20F2N6O3. The molecule has 0 radical (unpaired) electrons. The Bertz CT molecular complexity index is 1320. The summed E-state index contributed by atoms with van der Waals surface area (Å²) in [6, 6.07) is 9.48. The highest BCUT2D eigenvalue weighted by molar-refractivity contribution is 5.70. The highest BCUT2D eigenvalue weighted by Gasteiger charge is 2.30. The molecular weight excluding hydrogens is 446 g/mol. The number of hydrogen-bond acceptors (Lipinski definition) is 7. The van der Waals surface area contributed by atoms with E-state index in [2.05, 4.69) is 25.5 Å². The molecule has 3 heterocycles. The zero-order valence-electron chi connectivity index (χ0n) is 17.9. The summed E-state index contributed by atoms with van der Waals surface area (Å²) in [6.07, 6.45) is 3.97. The highest BCUT2D eigenvalue weighted by Crippen LogP contribution is 2.30. The Morgan fingerprint density at radius 1 is 1.18 bits per heavy atom. The van der Waals surface area contributed by atoms with E-state index in [0.29, 0.717) is 41.9 Å². The van der Waals surface area contributed by atoms with Crippen molar-refractivity contribution in [2.24, 2.45) is 5.92 Å². The van der Waals surface area contributed by atoms with Gasteiger partial charge in [0.05, 0.1) is 24.4 Å². The minimum atomic E-state index is -0.853. The summed E-state index contributed by atoms with van der Waals surface area (Å²) in [7, 11) is 0. The van der Waals surface area contributed by atoms with Gasteiger partial charge in [0.2, 0.25) is 0 Å². The first-order chi connectivity index (χ1) is 16.5. The largest absolute Gasteiger partial charge is 0.481 e. The molecule has 34 heavy (non-hydrogen) atoms. The van der Waals surface area contributed by atoms with Gasteiger partial charge in [0, 0.05) is 17.7 Å². The van der Waals surface area contributed by atoms with Crippen LogP contribution in [0.2, 0.25) is 0 Å². The second kappa shape index (κ2) is 9.00. The Labute approximate surface area is 192 Å². The number of nitrogens with one attached hydrogen (secondary N) is 1. The van der Waals surface area contributed by atoms with Crippen LogP contribution in [0.5, 0.6) is 0 Å². The molecule has 9 nitrogen and oxygen atoms in total.